The molecule has 0 aliphatic carbocycles. The Balaban J connectivity index is 1.61. The Morgan fingerprint density at radius 1 is 0.629 bits per heavy atom. The molecule has 0 aliphatic heterocycles. The molecule has 5 heteroatoms. The van der Waals surface area contributed by atoms with Crippen LogP contribution in [0.2, 0.25) is 0 Å². The fourth-order valence-electron chi connectivity index (χ4n) is 3.84. The van der Waals surface area contributed by atoms with Gasteiger partial charge in [-0.05, 0) is 65.9 Å². The Hall–Kier alpha value is -4.64. The van der Waals surface area contributed by atoms with Gasteiger partial charge in [-0.1, -0.05) is 78.4 Å². The van der Waals surface area contributed by atoms with Gasteiger partial charge in [-0.25, -0.2) is 9.59 Å². The summed E-state index contributed by atoms with van der Waals surface area (Å²) in [6, 6.07) is 31.8. The number of hydrogen-bond donors (Lipinski definition) is 2. The highest BCUT2D eigenvalue weighted by Crippen LogP contribution is 2.24. The Bertz CT molecular complexity index is 1340. The topological polar surface area (TPSA) is 83.8 Å². The minimum Gasteiger partial charge on any atom is -0.478 e. The summed E-state index contributed by atoms with van der Waals surface area (Å²) in [5.41, 5.74) is 3.45. The first-order valence-corrected chi connectivity index (χ1v) is 11.1. The summed E-state index contributed by atoms with van der Waals surface area (Å²) in [7, 11) is 0. The molecule has 0 heterocycles. The van der Waals surface area contributed by atoms with Gasteiger partial charge in [0.15, 0.2) is 0 Å². The molecule has 0 aromatic heterocycles. The highest BCUT2D eigenvalue weighted by molar-refractivity contribution is 6.02. The van der Waals surface area contributed by atoms with E-state index in [1.807, 2.05) is 91.0 Å². The summed E-state index contributed by atoms with van der Waals surface area (Å²) >= 11 is 0. The number of allylic oxidation sites excluding steroid dienone is 1. The van der Waals surface area contributed by atoms with Crippen molar-refractivity contribution in [1.29, 1.82) is 0 Å². The summed E-state index contributed by atoms with van der Waals surface area (Å²) in [5.74, 6) is -1.02. The van der Waals surface area contributed by atoms with Crippen LogP contribution < -0.4 is 4.74 Å². The third-order valence-electron chi connectivity index (χ3n) is 5.48. The lowest BCUT2D eigenvalue weighted by Gasteiger charge is -2.11. The van der Waals surface area contributed by atoms with E-state index in [2.05, 4.69) is 0 Å². The molecule has 0 bridgehead atoms. The van der Waals surface area contributed by atoms with Gasteiger partial charge in [0.25, 0.3) is 0 Å². The first kappa shape index (κ1) is 23.5. The van der Waals surface area contributed by atoms with Crippen molar-refractivity contribution in [3.05, 3.63) is 137 Å². The van der Waals surface area contributed by atoms with Gasteiger partial charge in [-0.2, -0.15) is 0 Å². The average Bonchev–Trinajstić information content (AvgIpc) is 2.86. The van der Waals surface area contributed by atoms with Crippen LogP contribution in [0.3, 0.4) is 0 Å². The molecule has 174 valence electrons. The van der Waals surface area contributed by atoms with E-state index in [4.69, 9.17) is 4.74 Å². The van der Waals surface area contributed by atoms with E-state index in [0.717, 1.165) is 28.2 Å². The van der Waals surface area contributed by atoms with Crippen LogP contribution in [0, 0.1) is 0 Å². The minimum atomic E-state index is -1.27. The molecule has 0 radical (unpaired) electrons. The lowest BCUT2D eigenvalue weighted by atomic mass is 9.95. The maximum absolute atomic E-state index is 11.6. The number of benzene rings is 4. The summed E-state index contributed by atoms with van der Waals surface area (Å²) in [5, 5.41) is 18.8. The molecule has 0 unspecified atom stereocenters. The molecule has 0 amide bonds. The van der Waals surface area contributed by atoms with Crippen molar-refractivity contribution in [2.75, 3.05) is 0 Å². The summed E-state index contributed by atoms with van der Waals surface area (Å²) < 4.78 is 5.88. The monoisotopic (exact) mass is 464 g/mol. The summed E-state index contributed by atoms with van der Waals surface area (Å²) in [6.45, 7) is 0. The molecule has 0 aliphatic rings. The first-order valence-electron chi connectivity index (χ1n) is 11.1. The van der Waals surface area contributed by atoms with E-state index >= 15 is 0 Å². The molecule has 0 saturated heterocycles. The van der Waals surface area contributed by atoms with Crippen molar-refractivity contribution >= 4 is 18.0 Å². The molecule has 4 aromatic carbocycles. The minimum absolute atomic E-state index is 0.228. The van der Waals surface area contributed by atoms with E-state index in [1.165, 1.54) is 12.1 Å². The number of carboxylic acids is 2. The Morgan fingerprint density at radius 3 is 1.77 bits per heavy atom. The van der Waals surface area contributed by atoms with Gasteiger partial charge < -0.3 is 14.9 Å². The van der Waals surface area contributed by atoms with Crippen LogP contribution in [-0.2, 0) is 12.8 Å². The number of hydrogen-bond acceptors (Lipinski definition) is 3. The zero-order chi connectivity index (χ0) is 24.6. The van der Waals surface area contributed by atoms with Crippen molar-refractivity contribution in [1.82, 2.24) is 0 Å². The van der Waals surface area contributed by atoms with Crippen molar-refractivity contribution < 1.29 is 24.5 Å². The second-order valence-corrected chi connectivity index (χ2v) is 8.12. The quantitative estimate of drug-likeness (QED) is 0.286. The molecule has 5 nitrogen and oxygen atoms in total. The number of carboxylic acid groups (broad SMARTS) is 2. The predicted molar refractivity (Wildman–Crippen MR) is 135 cm³/mol. The Labute approximate surface area is 203 Å². The van der Waals surface area contributed by atoms with Crippen LogP contribution in [0.15, 0.2) is 109 Å². The maximum atomic E-state index is 11.6. The van der Waals surface area contributed by atoms with E-state index in [9.17, 15) is 19.8 Å². The molecule has 0 fully saturated rings. The van der Waals surface area contributed by atoms with Crippen LogP contribution >= 0.6 is 0 Å². The zero-order valence-electron chi connectivity index (χ0n) is 18.9. The van der Waals surface area contributed by atoms with Crippen LogP contribution in [0.5, 0.6) is 11.5 Å². The van der Waals surface area contributed by atoms with Gasteiger partial charge in [-0.15, -0.1) is 0 Å². The smallest absolute Gasteiger partial charge is 0.336 e. The van der Waals surface area contributed by atoms with Crippen molar-refractivity contribution in [3.63, 3.8) is 0 Å². The summed E-state index contributed by atoms with van der Waals surface area (Å²) in [4.78, 5) is 23.0. The van der Waals surface area contributed by atoms with Gasteiger partial charge in [-0.3, -0.25) is 0 Å². The highest BCUT2D eigenvalue weighted by atomic mass is 16.5. The Kier molecular flexibility index (Phi) is 7.38. The number of ether oxygens (including phenoxy) is 1. The third-order valence-corrected chi connectivity index (χ3v) is 5.48. The van der Waals surface area contributed by atoms with E-state index < -0.39 is 11.9 Å². The molecular weight excluding hydrogens is 440 g/mol. The largest absolute Gasteiger partial charge is 0.478 e. The zero-order valence-corrected chi connectivity index (χ0v) is 18.9. The number of para-hydroxylation sites is 1. The van der Waals surface area contributed by atoms with Crippen molar-refractivity contribution in [3.8, 4) is 11.5 Å². The second-order valence-electron chi connectivity index (χ2n) is 8.12. The van der Waals surface area contributed by atoms with Gasteiger partial charge in [0.1, 0.15) is 11.5 Å². The maximum Gasteiger partial charge on any atom is 0.336 e. The van der Waals surface area contributed by atoms with Gasteiger partial charge in [0.05, 0.1) is 11.1 Å². The molecule has 4 aromatic rings. The van der Waals surface area contributed by atoms with Crippen molar-refractivity contribution in [2.45, 2.75) is 12.8 Å². The average molecular weight is 465 g/mol. The van der Waals surface area contributed by atoms with Crippen LogP contribution in [0.1, 0.15) is 37.4 Å². The number of aromatic carboxylic acids is 2. The number of rotatable bonds is 9. The van der Waals surface area contributed by atoms with E-state index in [0.29, 0.717) is 18.4 Å². The standard InChI is InChI=1S/C30H24O5/c31-29(32)27-16-13-23(20-28(27)30(33)34)19-24(17-21-7-3-1-4-8-21)18-22-11-14-26(15-12-22)35-25-9-5-2-6-10-25/h1-16,19-20H,17-18H2,(H,31,32)(H,33,34)/b24-19+. The normalized spacial score (nSPS) is 11.1. The SMILES string of the molecule is O=C(O)c1ccc(/C=C(\Cc2ccccc2)Cc2ccc(Oc3ccccc3)cc2)cc1C(=O)O. The lowest BCUT2D eigenvalue weighted by Crippen LogP contribution is -2.08. The van der Waals surface area contributed by atoms with Crippen LogP contribution in [-0.4, -0.2) is 22.2 Å². The number of carbonyl (C=O) groups is 2. The molecule has 0 saturated carbocycles. The second kappa shape index (κ2) is 11.0. The van der Waals surface area contributed by atoms with Crippen LogP contribution in [0.4, 0.5) is 0 Å². The highest BCUT2D eigenvalue weighted by Gasteiger charge is 2.16. The van der Waals surface area contributed by atoms with E-state index in [1.54, 1.807) is 6.07 Å². The molecule has 0 spiro atoms. The van der Waals surface area contributed by atoms with Gasteiger partial charge >= 0.3 is 11.9 Å². The van der Waals surface area contributed by atoms with Crippen molar-refractivity contribution in [2.24, 2.45) is 0 Å². The molecule has 35 heavy (non-hydrogen) atoms. The van der Waals surface area contributed by atoms with Gasteiger partial charge in [0.2, 0.25) is 0 Å². The lowest BCUT2D eigenvalue weighted by molar-refractivity contribution is 0.0651. The predicted octanol–water partition coefficient (Wildman–Crippen LogP) is 6.74. The fraction of sp³-hybridized carbons (Fsp3) is 0.0667. The fourth-order valence-corrected chi connectivity index (χ4v) is 3.84. The molecule has 2 N–H and O–H groups in total. The Morgan fingerprint density at radius 2 is 1.17 bits per heavy atom. The van der Waals surface area contributed by atoms with Gasteiger partial charge in [0, 0.05) is 0 Å². The van der Waals surface area contributed by atoms with Crippen LogP contribution in [0.25, 0.3) is 6.08 Å². The molecule has 0 atom stereocenters. The molecule has 4 rings (SSSR count). The molecular formula is C30H24O5. The third kappa shape index (κ3) is 6.45. The first-order chi connectivity index (χ1) is 17.0. The summed E-state index contributed by atoms with van der Waals surface area (Å²) in [6.07, 6.45) is 3.25. The van der Waals surface area contributed by atoms with E-state index in [-0.39, 0.29) is 11.1 Å².